The molecule has 24 heavy (non-hydrogen) atoms. The second kappa shape index (κ2) is 5.87. The molecule has 1 N–H and O–H groups in total. The van der Waals surface area contributed by atoms with Crippen molar-refractivity contribution in [2.45, 2.75) is 6.18 Å². The number of fused-ring (bicyclic) bond motifs is 1. The third kappa shape index (κ3) is 3.23. The van der Waals surface area contributed by atoms with E-state index < -0.39 is 28.3 Å². The van der Waals surface area contributed by atoms with Crippen LogP contribution in [0.5, 0.6) is 17.2 Å². The van der Waals surface area contributed by atoms with E-state index >= 15 is 0 Å². The molecule has 0 atom stereocenters. The number of aromatic hydroxyl groups is 1. The molecule has 0 bridgehead atoms. The highest BCUT2D eigenvalue weighted by Crippen LogP contribution is 2.39. The highest BCUT2D eigenvalue weighted by molar-refractivity contribution is 6.32. The average molecular weight is 357 g/mol. The maximum absolute atomic E-state index is 14.0. The van der Waals surface area contributed by atoms with Crippen molar-refractivity contribution in [2.75, 3.05) is 0 Å². The van der Waals surface area contributed by atoms with E-state index in [1.807, 2.05) is 0 Å². The summed E-state index contributed by atoms with van der Waals surface area (Å²) in [5.41, 5.74) is -1.19. The van der Waals surface area contributed by atoms with Crippen LogP contribution in [-0.2, 0) is 6.18 Å². The van der Waals surface area contributed by atoms with E-state index in [2.05, 4.69) is 0 Å². The van der Waals surface area contributed by atoms with Crippen LogP contribution in [0, 0.1) is 5.82 Å². The Labute approximate surface area is 138 Å². The molecule has 0 aliphatic heterocycles. The van der Waals surface area contributed by atoms with Gasteiger partial charge in [0.05, 0.1) is 10.6 Å². The lowest BCUT2D eigenvalue weighted by molar-refractivity contribution is -0.137. The van der Waals surface area contributed by atoms with Crippen molar-refractivity contribution in [2.24, 2.45) is 0 Å². The summed E-state index contributed by atoms with van der Waals surface area (Å²) in [5, 5.41) is 10.4. The summed E-state index contributed by atoms with van der Waals surface area (Å²) in [5.74, 6) is -1.40. The fraction of sp³-hybridized carbons (Fsp3) is 0.0588. The van der Waals surface area contributed by atoms with Crippen molar-refractivity contribution in [3.8, 4) is 17.2 Å². The quantitative estimate of drug-likeness (QED) is 0.558. The van der Waals surface area contributed by atoms with Gasteiger partial charge in [-0.05, 0) is 47.2 Å². The van der Waals surface area contributed by atoms with Crippen molar-refractivity contribution in [1.82, 2.24) is 0 Å². The van der Waals surface area contributed by atoms with E-state index in [-0.39, 0.29) is 11.5 Å². The smallest absolute Gasteiger partial charge is 0.416 e. The zero-order valence-corrected chi connectivity index (χ0v) is 12.6. The zero-order chi connectivity index (χ0) is 17.5. The Morgan fingerprint density at radius 2 is 1.58 bits per heavy atom. The van der Waals surface area contributed by atoms with Gasteiger partial charge in [-0.3, -0.25) is 0 Å². The Kier molecular flexibility index (Phi) is 4.01. The Morgan fingerprint density at radius 1 is 0.917 bits per heavy atom. The third-order valence-electron chi connectivity index (χ3n) is 3.34. The zero-order valence-electron chi connectivity index (χ0n) is 11.9. The second-order valence-electron chi connectivity index (χ2n) is 5.06. The Balaban J connectivity index is 1.98. The van der Waals surface area contributed by atoms with Gasteiger partial charge in [-0.25, -0.2) is 4.39 Å². The number of rotatable bonds is 2. The molecule has 0 radical (unpaired) electrons. The molecule has 0 unspecified atom stereocenters. The lowest BCUT2D eigenvalue weighted by Crippen LogP contribution is -2.06. The molecule has 0 aliphatic carbocycles. The predicted molar refractivity (Wildman–Crippen MR) is 82.1 cm³/mol. The van der Waals surface area contributed by atoms with Crippen LogP contribution in [0.1, 0.15) is 5.56 Å². The first kappa shape index (κ1) is 16.4. The number of halogens is 5. The largest absolute Gasteiger partial charge is 0.508 e. The van der Waals surface area contributed by atoms with Gasteiger partial charge in [0.25, 0.3) is 0 Å². The van der Waals surface area contributed by atoms with Crippen LogP contribution >= 0.6 is 11.6 Å². The molecular weight excluding hydrogens is 348 g/mol. The van der Waals surface area contributed by atoms with Gasteiger partial charge >= 0.3 is 6.18 Å². The van der Waals surface area contributed by atoms with E-state index in [9.17, 15) is 22.7 Å². The summed E-state index contributed by atoms with van der Waals surface area (Å²) in [4.78, 5) is 0. The molecule has 0 spiro atoms. The summed E-state index contributed by atoms with van der Waals surface area (Å²) in [6.07, 6.45) is -4.70. The summed E-state index contributed by atoms with van der Waals surface area (Å²) >= 11 is 5.73. The van der Waals surface area contributed by atoms with Crippen LogP contribution in [0.15, 0.2) is 48.5 Å². The standard InChI is InChI=1S/C17H9ClF4O2/c18-14-7-11(17(20,21)22)8-15(19)16(14)24-13-4-2-9-5-12(23)3-1-10(9)6-13/h1-8,23H. The minimum Gasteiger partial charge on any atom is -0.508 e. The lowest BCUT2D eigenvalue weighted by Gasteiger charge is -2.13. The summed E-state index contributed by atoms with van der Waals surface area (Å²) < 4.78 is 57.1. The second-order valence-corrected chi connectivity index (χ2v) is 5.47. The van der Waals surface area contributed by atoms with Crippen LogP contribution in [0.4, 0.5) is 17.6 Å². The minimum atomic E-state index is -4.70. The van der Waals surface area contributed by atoms with Gasteiger partial charge in [0.2, 0.25) is 0 Å². The number of alkyl halides is 3. The highest BCUT2D eigenvalue weighted by atomic mass is 35.5. The van der Waals surface area contributed by atoms with Crippen LogP contribution in [0.2, 0.25) is 5.02 Å². The van der Waals surface area contributed by atoms with E-state index in [1.165, 1.54) is 18.2 Å². The molecule has 3 aromatic carbocycles. The van der Waals surface area contributed by atoms with Gasteiger partial charge in [0.15, 0.2) is 11.6 Å². The first-order chi connectivity index (χ1) is 11.2. The molecule has 0 aliphatic rings. The predicted octanol–water partition coefficient (Wildman–Crippen LogP) is 6.15. The molecule has 2 nitrogen and oxygen atoms in total. The molecule has 7 heteroatoms. The molecule has 3 rings (SSSR count). The lowest BCUT2D eigenvalue weighted by atomic mass is 10.1. The molecule has 0 heterocycles. The number of hydrogen-bond donors (Lipinski definition) is 1. The van der Waals surface area contributed by atoms with E-state index in [0.29, 0.717) is 17.5 Å². The number of phenols is 1. The molecule has 0 fully saturated rings. The highest BCUT2D eigenvalue weighted by Gasteiger charge is 2.32. The first-order valence-electron chi connectivity index (χ1n) is 6.71. The third-order valence-corrected chi connectivity index (χ3v) is 3.62. The van der Waals surface area contributed by atoms with Gasteiger partial charge in [0.1, 0.15) is 11.5 Å². The molecule has 0 aromatic heterocycles. The van der Waals surface area contributed by atoms with Crippen molar-refractivity contribution in [3.63, 3.8) is 0 Å². The molecule has 0 saturated heterocycles. The fourth-order valence-corrected chi connectivity index (χ4v) is 2.46. The molecular formula is C17H9ClF4O2. The van der Waals surface area contributed by atoms with Gasteiger partial charge in [0, 0.05) is 0 Å². The molecule has 0 amide bonds. The number of phenolic OH excluding ortho intramolecular Hbond substituents is 1. The van der Waals surface area contributed by atoms with E-state index in [0.717, 1.165) is 5.39 Å². The Bertz CT molecular complexity index is 899. The topological polar surface area (TPSA) is 29.5 Å². The maximum atomic E-state index is 14.0. The fourth-order valence-electron chi connectivity index (χ4n) is 2.21. The average Bonchev–Trinajstić information content (AvgIpc) is 2.49. The van der Waals surface area contributed by atoms with Crippen LogP contribution < -0.4 is 4.74 Å². The number of hydrogen-bond acceptors (Lipinski definition) is 2. The normalized spacial score (nSPS) is 11.7. The van der Waals surface area contributed by atoms with Gasteiger partial charge < -0.3 is 9.84 Å². The van der Waals surface area contributed by atoms with Crippen molar-refractivity contribution < 1.29 is 27.4 Å². The maximum Gasteiger partial charge on any atom is 0.416 e. The molecule has 3 aromatic rings. The number of benzene rings is 3. The summed E-state index contributed by atoms with van der Waals surface area (Å²) in [6, 6.07) is 10.3. The monoisotopic (exact) mass is 356 g/mol. The van der Waals surface area contributed by atoms with Crippen molar-refractivity contribution in [3.05, 3.63) is 64.9 Å². The van der Waals surface area contributed by atoms with Crippen LogP contribution in [-0.4, -0.2) is 5.11 Å². The summed E-state index contributed by atoms with van der Waals surface area (Å²) in [6.45, 7) is 0. The Hall–Kier alpha value is -2.47. The van der Waals surface area contributed by atoms with Gasteiger partial charge in [-0.2, -0.15) is 13.2 Å². The van der Waals surface area contributed by atoms with Gasteiger partial charge in [-0.15, -0.1) is 0 Å². The molecule has 0 saturated carbocycles. The molecule has 124 valence electrons. The van der Waals surface area contributed by atoms with Crippen LogP contribution in [0.25, 0.3) is 10.8 Å². The van der Waals surface area contributed by atoms with Crippen molar-refractivity contribution in [1.29, 1.82) is 0 Å². The van der Waals surface area contributed by atoms with E-state index in [1.54, 1.807) is 18.2 Å². The number of ether oxygens (including phenoxy) is 1. The SMILES string of the molecule is Oc1ccc2cc(Oc3c(F)cc(C(F)(F)F)cc3Cl)ccc2c1. The first-order valence-corrected chi connectivity index (χ1v) is 7.09. The summed E-state index contributed by atoms with van der Waals surface area (Å²) in [7, 11) is 0. The van der Waals surface area contributed by atoms with Crippen molar-refractivity contribution >= 4 is 22.4 Å². The van der Waals surface area contributed by atoms with Gasteiger partial charge in [-0.1, -0.05) is 23.7 Å². The van der Waals surface area contributed by atoms with E-state index in [4.69, 9.17) is 16.3 Å². The minimum absolute atomic E-state index is 0.0907. The van der Waals surface area contributed by atoms with Crippen LogP contribution in [0.3, 0.4) is 0 Å². The Morgan fingerprint density at radius 3 is 2.25 bits per heavy atom.